The topological polar surface area (TPSA) is 114 Å². The molecule has 0 spiro atoms. The van der Waals surface area contributed by atoms with Crippen LogP contribution in [0.4, 0.5) is 10.6 Å². The van der Waals surface area contributed by atoms with Gasteiger partial charge in [-0.15, -0.1) is 0 Å². The molecule has 6 rings (SSSR count). The summed E-state index contributed by atoms with van der Waals surface area (Å²) < 4.78 is 19.7. The van der Waals surface area contributed by atoms with Crippen LogP contribution in [-0.2, 0) is 14.0 Å². The van der Waals surface area contributed by atoms with Crippen LogP contribution in [-0.4, -0.2) is 63.7 Å². The van der Waals surface area contributed by atoms with E-state index in [1.807, 2.05) is 79.1 Å². The summed E-state index contributed by atoms with van der Waals surface area (Å²) >= 11 is 0. The van der Waals surface area contributed by atoms with Crippen molar-refractivity contribution in [1.82, 2.24) is 19.9 Å². The number of nitrogens with zero attached hydrogens (tertiary/aromatic N) is 5. The molecule has 2 saturated heterocycles. The van der Waals surface area contributed by atoms with Crippen molar-refractivity contribution in [3.63, 3.8) is 0 Å². The fraction of sp³-hybridized carbons (Fsp3) is 0.517. The van der Waals surface area contributed by atoms with Crippen molar-refractivity contribution >= 4 is 30.0 Å². The largest absolute Gasteiger partial charge is 0.496 e. The normalized spacial score (nSPS) is 24.6. The number of alkyl carbamates (subject to hydrolysis) is 1. The molecule has 1 unspecified atom stereocenters. The van der Waals surface area contributed by atoms with E-state index in [0.29, 0.717) is 17.4 Å². The Hall–Kier alpha value is -3.62. The molecular weight excluding hydrogens is 507 g/mol. The van der Waals surface area contributed by atoms with Gasteiger partial charge in [0.05, 0.1) is 28.5 Å². The first-order valence-corrected chi connectivity index (χ1v) is 13.7. The second-order valence-corrected chi connectivity index (χ2v) is 13.0. The lowest BCUT2D eigenvalue weighted by atomic mass is 9.79. The molecule has 3 atom stereocenters. The number of carbonyl (C=O) groups is 1. The van der Waals surface area contributed by atoms with E-state index < -0.39 is 23.9 Å². The van der Waals surface area contributed by atoms with Gasteiger partial charge in [-0.3, -0.25) is 0 Å². The predicted molar refractivity (Wildman–Crippen MR) is 151 cm³/mol. The van der Waals surface area contributed by atoms with Crippen LogP contribution in [0.5, 0.6) is 0 Å². The number of ether oxygens (including phenoxy) is 1. The molecule has 1 N–H and O–H groups in total. The highest BCUT2D eigenvalue weighted by Gasteiger charge is 2.57. The van der Waals surface area contributed by atoms with Crippen molar-refractivity contribution in [1.29, 1.82) is 5.26 Å². The molecule has 1 aliphatic carbocycles. The number of pyridine rings is 2. The number of rotatable bonds is 4. The molecule has 3 aromatic heterocycles. The van der Waals surface area contributed by atoms with Crippen LogP contribution in [0.25, 0.3) is 16.6 Å². The predicted octanol–water partition coefficient (Wildman–Crippen LogP) is 3.53. The van der Waals surface area contributed by atoms with Gasteiger partial charge in [-0.1, -0.05) is 6.07 Å². The Bertz CT molecular complexity index is 1490. The van der Waals surface area contributed by atoms with Crippen LogP contribution in [0.1, 0.15) is 54.0 Å². The monoisotopic (exact) mass is 542 g/mol. The molecule has 40 heavy (non-hydrogen) atoms. The number of amides is 1. The first kappa shape index (κ1) is 26.6. The molecule has 5 heterocycles. The zero-order chi connectivity index (χ0) is 28.6. The Labute approximate surface area is 234 Å². The quantitative estimate of drug-likeness (QED) is 0.499. The van der Waals surface area contributed by atoms with E-state index >= 15 is 0 Å². The zero-order valence-corrected chi connectivity index (χ0v) is 24.1. The minimum atomic E-state index is -0.561. The highest BCUT2D eigenvalue weighted by molar-refractivity contribution is 6.62. The third-order valence-electron chi connectivity index (χ3n) is 8.54. The summed E-state index contributed by atoms with van der Waals surface area (Å²) in [6.07, 6.45) is 4.92. The summed E-state index contributed by atoms with van der Waals surface area (Å²) in [6.45, 7) is 15.4. The Morgan fingerprint density at radius 1 is 1.15 bits per heavy atom. The molecule has 1 amide bonds. The second-order valence-electron chi connectivity index (χ2n) is 13.0. The van der Waals surface area contributed by atoms with Gasteiger partial charge in [0, 0.05) is 60.0 Å². The average molecular weight is 542 g/mol. The highest BCUT2D eigenvalue weighted by Crippen LogP contribution is 2.46. The molecule has 208 valence electrons. The summed E-state index contributed by atoms with van der Waals surface area (Å²) in [4.78, 5) is 19.2. The second kappa shape index (κ2) is 8.95. The Morgan fingerprint density at radius 2 is 1.82 bits per heavy atom. The Balaban J connectivity index is 1.21. The third-order valence-corrected chi connectivity index (χ3v) is 8.54. The lowest BCUT2D eigenvalue weighted by molar-refractivity contribution is 0.00578. The third kappa shape index (κ3) is 4.59. The van der Waals surface area contributed by atoms with Crippen molar-refractivity contribution < 1.29 is 18.8 Å². The zero-order valence-electron chi connectivity index (χ0n) is 24.1. The van der Waals surface area contributed by atoms with Crippen molar-refractivity contribution in [3.8, 4) is 17.2 Å². The van der Waals surface area contributed by atoms with Crippen molar-refractivity contribution in [3.05, 3.63) is 42.4 Å². The number of hydrogen-bond donors (Lipinski definition) is 1. The Morgan fingerprint density at radius 3 is 2.40 bits per heavy atom. The molecule has 0 bridgehead atoms. The van der Waals surface area contributed by atoms with E-state index in [0.717, 1.165) is 41.0 Å². The van der Waals surface area contributed by atoms with Gasteiger partial charge in [0.25, 0.3) is 0 Å². The molecule has 3 fully saturated rings. The van der Waals surface area contributed by atoms with Gasteiger partial charge in [-0.25, -0.2) is 14.3 Å². The van der Waals surface area contributed by atoms with Crippen LogP contribution in [0.15, 0.2) is 36.8 Å². The van der Waals surface area contributed by atoms with Gasteiger partial charge >= 0.3 is 13.2 Å². The highest BCUT2D eigenvalue weighted by atomic mass is 16.7. The van der Waals surface area contributed by atoms with Crippen LogP contribution >= 0.6 is 0 Å². The van der Waals surface area contributed by atoms with E-state index in [2.05, 4.69) is 21.4 Å². The number of aromatic nitrogens is 3. The van der Waals surface area contributed by atoms with Gasteiger partial charge in [0.2, 0.25) is 0 Å². The number of anilines is 1. The van der Waals surface area contributed by atoms with Gasteiger partial charge in [-0.05, 0) is 60.6 Å². The molecule has 2 aliphatic heterocycles. The summed E-state index contributed by atoms with van der Waals surface area (Å²) in [5.41, 5.74) is 2.28. The fourth-order valence-corrected chi connectivity index (χ4v) is 5.66. The lowest BCUT2D eigenvalue weighted by Gasteiger charge is -2.32. The lowest BCUT2D eigenvalue weighted by Crippen LogP contribution is -2.41. The van der Waals surface area contributed by atoms with E-state index in [1.165, 1.54) is 0 Å². The van der Waals surface area contributed by atoms with Gasteiger partial charge in [0.1, 0.15) is 17.5 Å². The minimum absolute atomic E-state index is 0.155. The summed E-state index contributed by atoms with van der Waals surface area (Å²) in [5, 5.41) is 17.2. The van der Waals surface area contributed by atoms with Gasteiger partial charge in [-0.2, -0.15) is 10.4 Å². The summed E-state index contributed by atoms with van der Waals surface area (Å²) in [7, 11) is -0.561. The average Bonchev–Trinajstić information content (AvgIpc) is 3.22. The van der Waals surface area contributed by atoms with Gasteiger partial charge < -0.3 is 24.3 Å². The first-order valence-electron chi connectivity index (χ1n) is 13.7. The van der Waals surface area contributed by atoms with Crippen LogP contribution < -0.4 is 15.7 Å². The molecular formula is C29H35BN6O4. The van der Waals surface area contributed by atoms with E-state index in [-0.39, 0.29) is 12.1 Å². The SMILES string of the molecule is CC(C)(C)OC(=O)NC1[C@H]2CN(c3ccc(-c4cc(B5OC(C)(C)C(C)(C)O5)cn5ncc(C#N)c45)cn3)C[C@@H]12. The minimum Gasteiger partial charge on any atom is -0.444 e. The standard InChI is InChI=1S/C29H35BN6O4/c1-27(2,3)38-26(37)34-24-21-15-35(16-22(21)24)23-9-8-17(12-32-23)20-10-19(14-36-25(20)18(11-31)13-33-36)30-39-28(4,5)29(6,7)40-30/h8-10,12-14,21-22,24H,15-16H2,1-7H3,(H,34,37)/t21-,22+,24?. The van der Waals surface area contributed by atoms with E-state index in [1.54, 1.807) is 10.7 Å². The number of fused-ring (bicyclic) bond motifs is 2. The smallest absolute Gasteiger partial charge is 0.444 e. The molecule has 3 aliphatic rings. The first-order chi connectivity index (χ1) is 18.8. The number of carbonyl (C=O) groups excluding carboxylic acids is 1. The molecule has 0 aromatic carbocycles. The molecule has 10 nitrogen and oxygen atoms in total. The molecule has 1 saturated carbocycles. The van der Waals surface area contributed by atoms with Crippen molar-refractivity contribution in [2.24, 2.45) is 11.8 Å². The summed E-state index contributed by atoms with van der Waals surface area (Å²) in [5.74, 6) is 1.68. The van der Waals surface area contributed by atoms with Crippen LogP contribution in [0.3, 0.4) is 0 Å². The van der Waals surface area contributed by atoms with Crippen LogP contribution in [0.2, 0.25) is 0 Å². The maximum Gasteiger partial charge on any atom is 0.496 e. The maximum atomic E-state index is 12.2. The van der Waals surface area contributed by atoms with Crippen molar-refractivity contribution in [2.45, 2.75) is 71.3 Å². The number of nitriles is 1. The molecule has 3 aromatic rings. The fourth-order valence-electron chi connectivity index (χ4n) is 5.66. The number of piperidine rings is 1. The number of nitrogens with one attached hydrogen (secondary N) is 1. The van der Waals surface area contributed by atoms with Crippen LogP contribution in [0, 0.1) is 23.2 Å². The molecule has 11 heteroatoms. The maximum absolute atomic E-state index is 12.2. The van der Waals surface area contributed by atoms with E-state index in [9.17, 15) is 10.1 Å². The number of hydrogen-bond acceptors (Lipinski definition) is 8. The Kier molecular flexibility index (Phi) is 5.95. The summed E-state index contributed by atoms with van der Waals surface area (Å²) in [6, 6.07) is 8.46. The van der Waals surface area contributed by atoms with E-state index in [4.69, 9.17) is 19.0 Å². The van der Waals surface area contributed by atoms with Crippen molar-refractivity contribution in [2.75, 3.05) is 18.0 Å². The molecule has 0 radical (unpaired) electrons. The van der Waals surface area contributed by atoms with Gasteiger partial charge in [0.15, 0.2) is 0 Å².